The number of nitrogens with zero attached hydrogens (tertiary/aromatic N) is 6. The first-order chi connectivity index (χ1) is 31.1. The largest absolute Gasteiger partial charge is 0.506 e. The first-order valence-electron chi connectivity index (χ1n) is 17.9. The van der Waals surface area contributed by atoms with E-state index >= 15 is 0 Å². The SMILES string of the molecule is COc1cc(N=Nc2c(SOOO)cc3ccc(Nc4cccc(S(=O)(=O)O)c4)cc3c2O)c(O)cc1N=Nc1ccc(N=Nc2cccc(SOOO)c2)c2ccc(S(=O)(=O)O)cc12.[Cu]. The summed E-state index contributed by atoms with van der Waals surface area (Å²) in [5.74, 6) is -0.861. The zero-order valence-corrected chi connectivity index (χ0v) is 37.2. The molecule has 0 amide bonds. The number of phenolic OH excluding ortho intramolecular Hbond substituents is 2. The second-order valence-electron chi connectivity index (χ2n) is 13.0. The third-order valence-corrected chi connectivity index (χ3v) is 11.8. The number of rotatable bonds is 17. The predicted molar refractivity (Wildman–Crippen MR) is 234 cm³/mol. The van der Waals surface area contributed by atoms with E-state index in [2.05, 4.69) is 54.7 Å². The quantitative estimate of drug-likeness (QED) is 0.0111. The van der Waals surface area contributed by atoms with Crippen LogP contribution in [-0.2, 0) is 56.0 Å². The number of anilines is 2. The van der Waals surface area contributed by atoms with Crippen molar-refractivity contribution in [1.82, 2.24) is 0 Å². The van der Waals surface area contributed by atoms with Crippen LogP contribution in [0.2, 0.25) is 0 Å². The van der Waals surface area contributed by atoms with Gasteiger partial charge in [-0.3, -0.25) is 9.11 Å². The van der Waals surface area contributed by atoms with Crippen molar-refractivity contribution < 1.29 is 87.2 Å². The van der Waals surface area contributed by atoms with Crippen LogP contribution in [0.3, 0.4) is 0 Å². The number of benzene rings is 7. The minimum absolute atomic E-state index is 0. The molecular formula is C39H29CuN7O15S4. The van der Waals surface area contributed by atoms with E-state index in [0.717, 1.165) is 18.1 Å². The molecule has 0 aromatic heterocycles. The Morgan fingerprint density at radius 3 is 1.95 bits per heavy atom. The molecule has 22 nitrogen and oxygen atoms in total. The van der Waals surface area contributed by atoms with Gasteiger partial charge in [-0.05, 0) is 84.2 Å². The van der Waals surface area contributed by atoms with E-state index < -0.39 is 36.6 Å². The number of fused-ring (bicyclic) bond motifs is 2. The molecule has 0 aliphatic carbocycles. The molecule has 7 N–H and O–H groups in total. The van der Waals surface area contributed by atoms with Crippen molar-refractivity contribution in [2.24, 2.45) is 30.7 Å². The summed E-state index contributed by atoms with van der Waals surface area (Å²) in [7, 11) is -7.82. The Morgan fingerprint density at radius 2 is 1.23 bits per heavy atom. The fourth-order valence-electron chi connectivity index (χ4n) is 6.01. The summed E-state index contributed by atoms with van der Waals surface area (Å²) in [6.45, 7) is 0. The first-order valence-corrected chi connectivity index (χ1v) is 22.3. The first kappa shape index (κ1) is 49.3. The van der Waals surface area contributed by atoms with Crippen LogP contribution in [0.15, 0.2) is 166 Å². The Kier molecular flexibility index (Phi) is 16.0. The summed E-state index contributed by atoms with van der Waals surface area (Å²) in [5, 5.41) is 76.8. The maximum absolute atomic E-state index is 12.1. The van der Waals surface area contributed by atoms with Crippen LogP contribution in [-0.4, -0.2) is 53.8 Å². The molecule has 0 atom stereocenters. The van der Waals surface area contributed by atoms with Gasteiger partial charge in [0.05, 0.1) is 62.9 Å². The molecule has 0 fully saturated rings. The molecule has 0 saturated heterocycles. The Balaban J connectivity index is 0.00000720. The van der Waals surface area contributed by atoms with Gasteiger partial charge in [0.25, 0.3) is 20.2 Å². The van der Waals surface area contributed by atoms with Gasteiger partial charge >= 0.3 is 0 Å². The van der Waals surface area contributed by atoms with Gasteiger partial charge in [-0.25, -0.2) is 10.5 Å². The number of methoxy groups -OCH3 is 1. The molecular weight excluding hydrogens is 998 g/mol. The molecule has 0 aliphatic heterocycles. The summed E-state index contributed by atoms with van der Waals surface area (Å²) in [6.07, 6.45) is 0. The number of azo groups is 3. The molecule has 0 saturated carbocycles. The molecule has 0 heterocycles. The number of hydrogen-bond donors (Lipinski definition) is 7. The zero-order valence-electron chi connectivity index (χ0n) is 32.9. The van der Waals surface area contributed by atoms with E-state index in [1.807, 2.05) is 0 Å². The van der Waals surface area contributed by atoms with Crippen LogP contribution in [0.4, 0.5) is 45.5 Å². The van der Waals surface area contributed by atoms with E-state index in [0.29, 0.717) is 44.8 Å². The number of phenols is 2. The number of aromatic hydroxyl groups is 2. The van der Waals surface area contributed by atoms with E-state index in [-0.39, 0.29) is 71.8 Å². The van der Waals surface area contributed by atoms with Crippen molar-refractivity contribution >= 4 is 111 Å². The monoisotopic (exact) mass is 1030 g/mol. The molecule has 0 bridgehead atoms. The third kappa shape index (κ3) is 11.8. The maximum Gasteiger partial charge on any atom is 0.294 e. The summed E-state index contributed by atoms with van der Waals surface area (Å²) >= 11 is 1.20. The summed E-state index contributed by atoms with van der Waals surface area (Å²) in [4.78, 5) is -0.138. The minimum Gasteiger partial charge on any atom is -0.506 e. The van der Waals surface area contributed by atoms with Gasteiger partial charge in [0, 0.05) is 61.6 Å². The van der Waals surface area contributed by atoms with Crippen LogP contribution >= 0.6 is 24.1 Å². The molecule has 7 aromatic carbocycles. The normalized spacial score (nSPS) is 12.1. The molecule has 0 spiro atoms. The third-order valence-electron chi connectivity index (χ3n) is 8.92. The smallest absolute Gasteiger partial charge is 0.294 e. The van der Waals surface area contributed by atoms with Crippen LogP contribution in [0.1, 0.15) is 0 Å². The Hall–Kier alpha value is -6.14. The average Bonchev–Trinajstić information content (AvgIpc) is 3.28. The van der Waals surface area contributed by atoms with Gasteiger partial charge in [-0.1, -0.05) is 34.3 Å². The molecule has 66 heavy (non-hydrogen) atoms. The van der Waals surface area contributed by atoms with Gasteiger partial charge in [-0.15, -0.1) is 34.2 Å². The second-order valence-corrected chi connectivity index (χ2v) is 17.3. The van der Waals surface area contributed by atoms with Crippen molar-refractivity contribution in [2.75, 3.05) is 12.4 Å². The van der Waals surface area contributed by atoms with Crippen LogP contribution < -0.4 is 10.1 Å². The van der Waals surface area contributed by atoms with E-state index in [4.69, 9.17) is 15.3 Å². The van der Waals surface area contributed by atoms with Crippen LogP contribution in [0, 0.1) is 0 Å². The van der Waals surface area contributed by atoms with E-state index in [9.17, 15) is 36.2 Å². The Morgan fingerprint density at radius 1 is 0.576 bits per heavy atom. The average molecular weight is 1030 g/mol. The fourth-order valence-corrected chi connectivity index (χ4v) is 7.95. The van der Waals surface area contributed by atoms with Crippen molar-refractivity contribution in [1.29, 1.82) is 0 Å². The Bertz CT molecular complexity index is 3280. The fraction of sp³-hybridized carbons (Fsp3) is 0.0256. The molecule has 7 aromatic rings. The van der Waals surface area contributed by atoms with Gasteiger partial charge in [0.2, 0.25) is 0 Å². The van der Waals surface area contributed by atoms with Gasteiger partial charge < -0.3 is 20.3 Å². The predicted octanol–water partition coefficient (Wildman–Crippen LogP) is 11.8. The molecule has 0 aliphatic rings. The van der Waals surface area contributed by atoms with Crippen LogP contribution in [0.25, 0.3) is 21.5 Å². The summed E-state index contributed by atoms with van der Waals surface area (Å²) < 4.78 is 81.4. The van der Waals surface area contributed by atoms with E-state index in [1.165, 1.54) is 67.8 Å². The minimum atomic E-state index is -4.65. The number of nitrogens with one attached hydrogen (secondary N) is 1. The molecule has 0 unspecified atom stereocenters. The van der Waals surface area contributed by atoms with Gasteiger partial charge in [0.15, 0.2) is 5.75 Å². The molecule has 345 valence electrons. The van der Waals surface area contributed by atoms with Crippen LogP contribution in [0.5, 0.6) is 17.2 Å². The maximum atomic E-state index is 12.1. The number of ether oxygens (including phenoxy) is 1. The summed E-state index contributed by atoms with van der Waals surface area (Å²) in [5.41, 5.74) is 1.14. The number of hydrogen-bond acceptors (Lipinski definition) is 22. The topological polar surface area (TPSA) is 322 Å². The summed E-state index contributed by atoms with van der Waals surface area (Å²) in [6, 6.07) is 27.5. The standard InChI is InChI=1S/C39H29N7O15S4.Cu/c1-57-36-20-33(44-46-38-37(63-61-59-50)14-21-8-9-23(17-29(21)39(38)48)40-22-4-3-7-26(16-22)64(51,52)53)35(47)19-34(36)45-43-32-13-12-31(28-11-10-27(18-30(28)32)65(54,55)56)42-41-24-5-2-6-25(15-24)62-60-58-49;/h2-20,40,47-50H,1H3,(H,51,52,53)(H,54,55,56);. The second kappa shape index (κ2) is 21.4. The molecule has 27 heteroatoms. The van der Waals surface area contributed by atoms with Crippen molar-refractivity contribution in [2.45, 2.75) is 19.6 Å². The van der Waals surface area contributed by atoms with E-state index in [1.54, 1.807) is 48.5 Å². The molecule has 7 rings (SSSR count). The van der Waals surface area contributed by atoms with Crippen molar-refractivity contribution in [3.63, 3.8) is 0 Å². The van der Waals surface area contributed by atoms with Crippen molar-refractivity contribution in [3.8, 4) is 17.2 Å². The zero-order chi connectivity index (χ0) is 46.3. The van der Waals surface area contributed by atoms with Gasteiger partial charge in [-0.2, -0.15) is 21.9 Å². The van der Waals surface area contributed by atoms with Gasteiger partial charge in [0.1, 0.15) is 28.6 Å². The Labute approximate surface area is 391 Å². The molecule has 1 radical (unpaired) electrons. The van der Waals surface area contributed by atoms with Crippen molar-refractivity contribution in [3.05, 3.63) is 115 Å².